The molecule has 0 fully saturated rings. The van der Waals surface area contributed by atoms with E-state index in [2.05, 4.69) is 47.0 Å². The van der Waals surface area contributed by atoms with Crippen molar-refractivity contribution in [1.82, 2.24) is 0 Å². The van der Waals surface area contributed by atoms with Gasteiger partial charge >= 0.3 is 0 Å². The van der Waals surface area contributed by atoms with Crippen LogP contribution in [0.25, 0.3) is 0 Å². The summed E-state index contributed by atoms with van der Waals surface area (Å²) in [5, 5.41) is 0.589. The third-order valence-electron chi connectivity index (χ3n) is 3.61. The van der Waals surface area contributed by atoms with E-state index < -0.39 is 8.07 Å². The molecule has 0 aromatic carbocycles. The molecule has 0 saturated carbocycles. The summed E-state index contributed by atoms with van der Waals surface area (Å²) in [5.74, 6) is 0. The first-order chi connectivity index (χ1) is 5.67. The van der Waals surface area contributed by atoms with Gasteiger partial charge in [0.1, 0.15) is 0 Å². The van der Waals surface area contributed by atoms with Gasteiger partial charge in [0.2, 0.25) is 0 Å². The van der Waals surface area contributed by atoms with Crippen molar-refractivity contribution in [3.63, 3.8) is 0 Å². The Morgan fingerprint density at radius 1 is 1.08 bits per heavy atom. The Hall–Kier alpha value is 0.434. The summed E-state index contributed by atoms with van der Waals surface area (Å²) in [6.45, 7) is 17.3. The van der Waals surface area contributed by atoms with Crippen molar-refractivity contribution in [1.29, 1.82) is 0 Å². The first-order valence-electron chi connectivity index (χ1n) is 5.67. The predicted molar refractivity (Wildman–Crippen MR) is 70.3 cm³/mol. The summed E-state index contributed by atoms with van der Waals surface area (Å²) >= 11 is 0. The molecule has 0 aromatic heterocycles. The molecule has 80 valence electrons. The molecule has 13 heavy (non-hydrogen) atoms. The lowest BCUT2D eigenvalue weighted by atomic mass is 10.2. The summed E-state index contributed by atoms with van der Waals surface area (Å²) < 4.78 is 0. The van der Waals surface area contributed by atoms with E-state index in [-0.39, 0.29) is 8.80 Å². The van der Waals surface area contributed by atoms with Crippen LogP contribution in [0.5, 0.6) is 0 Å². The zero-order valence-electron chi connectivity index (χ0n) is 10.7. The van der Waals surface area contributed by atoms with Crippen LogP contribution in [0.1, 0.15) is 27.2 Å². The Labute approximate surface area is 87.7 Å². The van der Waals surface area contributed by atoms with Gasteiger partial charge in [0.15, 0.2) is 0 Å². The minimum Gasteiger partial charge on any atom is -0.0722 e. The largest absolute Gasteiger partial charge is 0.0722 e. The van der Waals surface area contributed by atoms with E-state index in [1.807, 2.05) is 0 Å². The minimum absolute atomic E-state index is 0.292. The van der Waals surface area contributed by atoms with Crippen molar-refractivity contribution in [2.24, 2.45) is 0 Å². The molecular weight excluding hydrogens is 188 g/mol. The van der Waals surface area contributed by atoms with Crippen molar-refractivity contribution in [2.75, 3.05) is 0 Å². The monoisotopic (exact) mass is 216 g/mol. The van der Waals surface area contributed by atoms with E-state index in [0.29, 0.717) is 5.04 Å². The molecule has 0 atom stereocenters. The fourth-order valence-corrected chi connectivity index (χ4v) is 4.59. The maximum atomic E-state index is 2.55. The molecule has 2 heteroatoms. The third-order valence-corrected chi connectivity index (χ3v) is 10.8. The van der Waals surface area contributed by atoms with Gasteiger partial charge in [-0.3, -0.25) is 0 Å². The van der Waals surface area contributed by atoms with Crippen molar-refractivity contribution in [3.05, 3.63) is 0 Å². The molecule has 0 aromatic rings. The SMILES string of the molecule is C[SiH](C)CCC[Si](C)(C)C(C)(C)C. The molecule has 0 spiro atoms. The number of hydrogen-bond donors (Lipinski definition) is 0. The van der Waals surface area contributed by atoms with Crippen LogP contribution in [0.4, 0.5) is 0 Å². The molecule has 0 amide bonds. The van der Waals surface area contributed by atoms with Crippen LogP contribution in [0, 0.1) is 0 Å². The van der Waals surface area contributed by atoms with E-state index in [0.717, 1.165) is 0 Å². The van der Waals surface area contributed by atoms with Gasteiger partial charge in [0.25, 0.3) is 0 Å². The molecule has 0 aliphatic heterocycles. The average Bonchev–Trinajstić information content (AvgIpc) is 1.82. The maximum Gasteiger partial charge on any atom is 0.0527 e. The van der Waals surface area contributed by atoms with E-state index >= 15 is 0 Å². The zero-order chi connectivity index (χ0) is 10.7. The van der Waals surface area contributed by atoms with Crippen LogP contribution in [-0.4, -0.2) is 16.9 Å². The van der Waals surface area contributed by atoms with E-state index in [1.54, 1.807) is 6.04 Å². The van der Waals surface area contributed by atoms with Crippen molar-refractivity contribution in [3.8, 4) is 0 Å². The summed E-state index contributed by atoms with van der Waals surface area (Å²) in [5.41, 5.74) is 0. The van der Waals surface area contributed by atoms with Crippen LogP contribution >= 0.6 is 0 Å². The quantitative estimate of drug-likeness (QED) is 0.612. The lowest BCUT2D eigenvalue weighted by molar-refractivity contribution is 0.709. The van der Waals surface area contributed by atoms with Gasteiger partial charge in [-0.15, -0.1) is 0 Å². The van der Waals surface area contributed by atoms with Gasteiger partial charge in [-0.2, -0.15) is 0 Å². The second-order valence-corrected chi connectivity index (χ2v) is 15.6. The Balaban J connectivity index is 3.90. The topological polar surface area (TPSA) is 0 Å². The smallest absolute Gasteiger partial charge is 0.0527 e. The lowest BCUT2D eigenvalue weighted by Gasteiger charge is -2.37. The summed E-state index contributed by atoms with van der Waals surface area (Å²) in [7, 11) is -1.24. The van der Waals surface area contributed by atoms with Gasteiger partial charge in [0, 0.05) is 8.80 Å². The van der Waals surface area contributed by atoms with Crippen LogP contribution < -0.4 is 0 Å². The first-order valence-corrected chi connectivity index (χ1v) is 12.0. The molecule has 0 radical (unpaired) electrons. The Morgan fingerprint density at radius 2 is 1.54 bits per heavy atom. The predicted octanol–water partition coefficient (Wildman–Crippen LogP) is 4.37. The first kappa shape index (κ1) is 13.4. The lowest BCUT2D eigenvalue weighted by Crippen LogP contribution is -2.36. The highest BCUT2D eigenvalue weighted by atomic mass is 28.3. The van der Waals surface area contributed by atoms with Crippen LogP contribution in [-0.2, 0) is 0 Å². The molecule has 0 unspecified atom stereocenters. The average molecular weight is 217 g/mol. The second-order valence-electron chi connectivity index (χ2n) is 6.42. The van der Waals surface area contributed by atoms with E-state index in [9.17, 15) is 0 Å². The highest BCUT2D eigenvalue weighted by Gasteiger charge is 2.33. The second kappa shape index (κ2) is 4.78. The molecule has 0 nitrogen and oxygen atoms in total. The third kappa shape index (κ3) is 5.01. The Morgan fingerprint density at radius 3 is 1.85 bits per heavy atom. The van der Waals surface area contributed by atoms with Crippen molar-refractivity contribution < 1.29 is 0 Å². The Kier molecular flexibility index (Phi) is 4.94. The molecule has 0 aliphatic rings. The molecule has 0 N–H and O–H groups in total. The highest BCUT2D eigenvalue weighted by molar-refractivity contribution is 6.80. The van der Waals surface area contributed by atoms with Crippen LogP contribution in [0.2, 0.25) is 43.3 Å². The normalized spacial score (nSPS) is 13.8. The summed E-state index contributed by atoms with van der Waals surface area (Å²) in [6, 6.07) is 3.08. The molecule has 0 saturated heterocycles. The fourth-order valence-electron chi connectivity index (χ4n) is 1.33. The number of rotatable bonds is 4. The van der Waals surface area contributed by atoms with E-state index in [4.69, 9.17) is 0 Å². The van der Waals surface area contributed by atoms with Crippen LogP contribution in [0.15, 0.2) is 0 Å². The molecule has 0 rings (SSSR count). The van der Waals surface area contributed by atoms with E-state index in [1.165, 1.54) is 12.5 Å². The van der Waals surface area contributed by atoms with Gasteiger partial charge < -0.3 is 0 Å². The van der Waals surface area contributed by atoms with Crippen LogP contribution in [0.3, 0.4) is 0 Å². The Bertz CT molecular complexity index is 143. The van der Waals surface area contributed by atoms with Gasteiger partial charge in [-0.05, 0) is 5.04 Å². The molecule has 0 bridgehead atoms. The van der Waals surface area contributed by atoms with Gasteiger partial charge in [-0.25, -0.2) is 0 Å². The van der Waals surface area contributed by atoms with Gasteiger partial charge in [0.05, 0.1) is 8.07 Å². The molecule has 0 heterocycles. The highest BCUT2D eigenvalue weighted by Crippen LogP contribution is 2.39. The maximum absolute atomic E-state index is 2.55. The van der Waals surface area contributed by atoms with Crippen molar-refractivity contribution >= 4 is 16.9 Å². The molecular formula is C11H28Si2. The zero-order valence-corrected chi connectivity index (χ0v) is 12.9. The summed E-state index contributed by atoms with van der Waals surface area (Å²) in [6.07, 6.45) is 1.50. The standard InChI is InChI=1S/C11H28Si2/c1-11(2,3)13(6,7)10-8-9-12(4)5/h12H,8-10H2,1-7H3. The molecule has 0 aliphatic carbocycles. The summed E-state index contributed by atoms with van der Waals surface area (Å²) in [4.78, 5) is 0. The van der Waals surface area contributed by atoms with Crippen molar-refractivity contribution in [2.45, 2.75) is 70.5 Å². The fraction of sp³-hybridized carbons (Fsp3) is 1.00. The van der Waals surface area contributed by atoms with Gasteiger partial charge in [-0.1, -0.05) is 65.5 Å². The minimum atomic E-state index is -0.950. The number of hydrogen-bond acceptors (Lipinski definition) is 0.